The maximum Gasteiger partial charge on any atom is 0.0244 e. The summed E-state index contributed by atoms with van der Waals surface area (Å²) in [5.41, 5.74) is 3.94. The average molecular weight is 198 g/mol. The van der Waals surface area contributed by atoms with Crippen LogP contribution in [0.4, 0.5) is 0 Å². The molecule has 0 aliphatic heterocycles. The first-order chi connectivity index (χ1) is 6.26. The number of hydrogen-bond donors (Lipinski definition) is 2. The molecule has 0 spiro atoms. The third kappa shape index (κ3) is 3.25. The first-order valence-corrected chi connectivity index (χ1v) is 5.72. The monoisotopic (exact) mass is 198 g/mol. The molecule has 1 rings (SSSR count). The van der Waals surface area contributed by atoms with E-state index < -0.39 is 0 Å². The molecule has 1 aliphatic rings. The van der Waals surface area contributed by atoms with Gasteiger partial charge in [-0.15, -0.1) is 0 Å². The van der Waals surface area contributed by atoms with E-state index in [4.69, 9.17) is 5.84 Å². The van der Waals surface area contributed by atoms with Crippen molar-refractivity contribution in [2.75, 3.05) is 0 Å². The van der Waals surface area contributed by atoms with Crippen LogP contribution >= 0.6 is 0 Å². The van der Waals surface area contributed by atoms with Gasteiger partial charge >= 0.3 is 0 Å². The SMILES string of the molecule is CC(C)(C)CCC(NN)C1CC1(C)C. The highest BCUT2D eigenvalue weighted by Crippen LogP contribution is 2.54. The molecule has 0 amide bonds. The van der Waals surface area contributed by atoms with Gasteiger partial charge in [0.2, 0.25) is 0 Å². The Balaban J connectivity index is 2.34. The van der Waals surface area contributed by atoms with Crippen molar-refractivity contribution in [3.63, 3.8) is 0 Å². The summed E-state index contributed by atoms with van der Waals surface area (Å²) in [6, 6.07) is 0.518. The maximum absolute atomic E-state index is 5.61. The molecule has 14 heavy (non-hydrogen) atoms. The van der Waals surface area contributed by atoms with Gasteiger partial charge in [0.1, 0.15) is 0 Å². The van der Waals surface area contributed by atoms with Gasteiger partial charge in [0.05, 0.1) is 0 Å². The molecule has 2 heteroatoms. The zero-order valence-electron chi connectivity index (χ0n) is 10.4. The zero-order valence-corrected chi connectivity index (χ0v) is 10.4. The van der Waals surface area contributed by atoms with E-state index in [0.29, 0.717) is 16.9 Å². The lowest BCUT2D eigenvalue weighted by Gasteiger charge is -2.23. The Kier molecular flexibility index (Phi) is 3.27. The number of hydrazine groups is 1. The molecule has 1 saturated carbocycles. The summed E-state index contributed by atoms with van der Waals surface area (Å²) in [6.07, 6.45) is 3.77. The van der Waals surface area contributed by atoms with E-state index in [1.807, 2.05) is 0 Å². The first-order valence-electron chi connectivity index (χ1n) is 5.72. The van der Waals surface area contributed by atoms with Gasteiger partial charge in [-0.3, -0.25) is 11.3 Å². The van der Waals surface area contributed by atoms with Crippen LogP contribution in [0.15, 0.2) is 0 Å². The maximum atomic E-state index is 5.61. The van der Waals surface area contributed by atoms with Gasteiger partial charge in [-0.05, 0) is 36.0 Å². The lowest BCUT2D eigenvalue weighted by Crippen LogP contribution is -2.38. The molecule has 0 radical (unpaired) electrons. The summed E-state index contributed by atoms with van der Waals surface area (Å²) in [6.45, 7) is 11.5. The van der Waals surface area contributed by atoms with Crippen LogP contribution in [-0.4, -0.2) is 6.04 Å². The summed E-state index contributed by atoms with van der Waals surface area (Å²) < 4.78 is 0. The molecule has 0 aromatic heterocycles. The standard InChI is InChI=1S/C12H26N2/c1-11(2,3)7-6-10(14-13)9-8-12(9,4)5/h9-10,14H,6-8,13H2,1-5H3. The lowest BCUT2D eigenvalue weighted by molar-refractivity contribution is 0.303. The molecule has 3 N–H and O–H groups in total. The smallest absolute Gasteiger partial charge is 0.0244 e. The van der Waals surface area contributed by atoms with Crippen molar-refractivity contribution in [3.8, 4) is 0 Å². The summed E-state index contributed by atoms with van der Waals surface area (Å²) >= 11 is 0. The predicted octanol–water partition coefficient (Wildman–Crippen LogP) is 2.69. The second-order valence-electron chi connectivity index (χ2n) is 6.67. The second-order valence-corrected chi connectivity index (χ2v) is 6.67. The number of nitrogens with one attached hydrogen (secondary N) is 1. The number of nitrogens with two attached hydrogens (primary N) is 1. The normalized spacial score (nSPS) is 27.4. The highest BCUT2D eigenvalue weighted by atomic mass is 15.2. The van der Waals surface area contributed by atoms with Crippen molar-refractivity contribution in [3.05, 3.63) is 0 Å². The van der Waals surface area contributed by atoms with Crippen LogP contribution in [0.25, 0.3) is 0 Å². The Labute approximate surface area is 88.6 Å². The molecule has 2 atom stereocenters. The summed E-state index contributed by atoms with van der Waals surface area (Å²) in [7, 11) is 0. The van der Waals surface area contributed by atoms with Crippen LogP contribution in [0.1, 0.15) is 53.9 Å². The van der Waals surface area contributed by atoms with E-state index in [-0.39, 0.29) is 0 Å². The topological polar surface area (TPSA) is 38.0 Å². The van der Waals surface area contributed by atoms with Crippen molar-refractivity contribution in [2.24, 2.45) is 22.6 Å². The van der Waals surface area contributed by atoms with Crippen LogP contribution in [0.3, 0.4) is 0 Å². The summed E-state index contributed by atoms with van der Waals surface area (Å²) in [5.74, 6) is 6.40. The molecule has 1 aliphatic carbocycles. The van der Waals surface area contributed by atoms with Gasteiger partial charge in [-0.2, -0.15) is 0 Å². The van der Waals surface area contributed by atoms with E-state index in [2.05, 4.69) is 40.0 Å². The minimum atomic E-state index is 0.425. The fraction of sp³-hybridized carbons (Fsp3) is 1.00. The van der Waals surface area contributed by atoms with Gasteiger partial charge in [-0.25, -0.2) is 0 Å². The first kappa shape index (κ1) is 12.0. The minimum absolute atomic E-state index is 0.425. The van der Waals surface area contributed by atoms with E-state index in [9.17, 15) is 0 Å². The van der Waals surface area contributed by atoms with E-state index in [1.165, 1.54) is 19.3 Å². The fourth-order valence-corrected chi connectivity index (χ4v) is 2.18. The Hall–Kier alpha value is -0.0800. The van der Waals surface area contributed by atoms with Crippen LogP contribution in [0.5, 0.6) is 0 Å². The molecular formula is C12H26N2. The zero-order chi connectivity index (χ0) is 11.0. The highest BCUT2D eigenvalue weighted by Gasteiger charge is 2.49. The average Bonchev–Trinajstić information content (AvgIpc) is 2.59. The van der Waals surface area contributed by atoms with Crippen LogP contribution in [0.2, 0.25) is 0 Å². The number of hydrogen-bond acceptors (Lipinski definition) is 2. The van der Waals surface area contributed by atoms with E-state index in [0.717, 1.165) is 5.92 Å². The van der Waals surface area contributed by atoms with E-state index >= 15 is 0 Å². The Morgan fingerprint density at radius 1 is 1.43 bits per heavy atom. The summed E-state index contributed by atoms with van der Waals surface area (Å²) in [4.78, 5) is 0. The van der Waals surface area contributed by atoms with E-state index in [1.54, 1.807) is 0 Å². The Morgan fingerprint density at radius 3 is 2.21 bits per heavy atom. The molecule has 0 bridgehead atoms. The molecule has 1 fully saturated rings. The third-order valence-electron chi connectivity index (χ3n) is 3.49. The van der Waals surface area contributed by atoms with Gasteiger partial charge < -0.3 is 0 Å². The molecule has 0 aromatic carbocycles. The molecule has 0 saturated heterocycles. The third-order valence-corrected chi connectivity index (χ3v) is 3.49. The Bertz CT molecular complexity index is 191. The van der Waals surface area contributed by atoms with Crippen molar-refractivity contribution >= 4 is 0 Å². The molecule has 0 heterocycles. The van der Waals surface area contributed by atoms with Crippen molar-refractivity contribution in [2.45, 2.75) is 59.9 Å². The van der Waals surface area contributed by atoms with Crippen LogP contribution < -0.4 is 11.3 Å². The van der Waals surface area contributed by atoms with Gasteiger partial charge in [-0.1, -0.05) is 34.6 Å². The fourth-order valence-electron chi connectivity index (χ4n) is 2.18. The van der Waals surface area contributed by atoms with Gasteiger partial charge in [0.25, 0.3) is 0 Å². The van der Waals surface area contributed by atoms with Crippen molar-refractivity contribution in [1.82, 2.24) is 5.43 Å². The Morgan fingerprint density at radius 2 is 1.93 bits per heavy atom. The van der Waals surface area contributed by atoms with Gasteiger partial charge in [0, 0.05) is 6.04 Å². The molecule has 0 aromatic rings. The lowest BCUT2D eigenvalue weighted by atomic mass is 9.87. The number of rotatable bonds is 4. The minimum Gasteiger partial charge on any atom is -0.271 e. The summed E-state index contributed by atoms with van der Waals surface area (Å²) in [5, 5.41) is 0. The molecular weight excluding hydrogens is 172 g/mol. The quantitative estimate of drug-likeness (QED) is 0.538. The highest BCUT2D eigenvalue weighted by molar-refractivity contribution is 5.01. The van der Waals surface area contributed by atoms with Crippen molar-refractivity contribution in [1.29, 1.82) is 0 Å². The van der Waals surface area contributed by atoms with Gasteiger partial charge in [0.15, 0.2) is 0 Å². The largest absolute Gasteiger partial charge is 0.271 e. The van der Waals surface area contributed by atoms with Crippen LogP contribution in [-0.2, 0) is 0 Å². The van der Waals surface area contributed by atoms with Crippen LogP contribution in [0, 0.1) is 16.7 Å². The molecule has 2 nitrogen and oxygen atoms in total. The second kappa shape index (κ2) is 3.82. The molecule has 84 valence electrons. The van der Waals surface area contributed by atoms with Crippen molar-refractivity contribution < 1.29 is 0 Å². The molecule has 2 unspecified atom stereocenters. The predicted molar refractivity (Wildman–Crippen MR) is 61.7 cm³/mol.